The second-order valence-electron chi connectivity index (χ2n) is 6.37. The van der Waals surface area contributed by atoms with Crippen LogP contribution in [-0.2, 0) is 6.42 Å². The van der Waals surface area contributed by atoms with Gasteiger partial charge in [-0.05, 0) is 38.0 Å². The number of fused-ring (bicyclic) bond motifs is 1. The van der Waals surface area contributed by atoms with Crippen LogP contribution in [0.5, 0.6) is 0 Å². The number of piperidine rings is 1. The van der Waals surface area contributed by atoms with Crippen molar-refractivity contribution in [3.05, 3.63) is 11.9 Å². The molecule has 0 bridgehead atoms. The van der Waals surface area contributed by atoms with E-state index in [4.69, 9.17) is 5.84 Å². The van der Waals surface area contributed by atoms with Crippen LogP contribution in [0.15, 0.2) is 6.33 Å². The average Bonchev–Trinajstić information content (AvgIpc) is 2.55. The first-order valence-electron chi connectivity index (χ1n) is 8.42. The van der Waals surface area contributed by atoms with Crippen LogP contribution in [0.2, 0.25) is 0 Å². The Kier molecular flexibility index (Phi) is 4.58. The summed E-state index contributed by atoms with van der Waals surface area (Å²) in [6, 6.07) is 0.670. The van der Waals surface area contributed by atoms with Crippen LogP contribution in [0.3, 0.4) is 0 Å². The molecule has 3 N–H and O–H groups in total. The zero-order valence-electron chi connectivity index (χ0n) is 13.0. The minimum absolute atomic E-state index is 0.670. The standard InChI is InChI=1S/C16H27N5/c1-2-6-13-15(20-17)18-11-19-16(13)21-10-5-8-12-7-3-4-9-14(12)21/h11-12,14H,2-10,17H2,1H3,(H,18,19,20)/t12-,14-/m1/s1. The minimum atomic E-state index is 0.670. The molecule has 0 spiro atoms. The molecule has 21 heavy (non-hydrogen) atoms. The van der Waals surface area contributed by atoms with Crippen molar-refractivity contribution in [1.29, 1.82) is 0 Å². The monoisotopic (exact) mass is 289 g/mol. The summed E-state index contributed by atoms with van der Waals surface area (Å²) in [5.41, 5.74) is 3.94. The van der Waals surface area contributed by atoms with Gasteiger partial charge in [-0.1, -0.05) is 26.2 Å². The van der Waals surface area contributed by atoms with E-state index in [0.29, 0.717) is 6.04 Å². The fourth-order valence-corrected chi connectivity index (χ4v) is 4.14. The summed E-state index contributed by atoms with van der Waals surface area (Å²) in [4.78, 5) is 11.5. The Morgan fingerprint density at radius 1 is 1.24 bits per heavy atom. The smallest absolute Gasteiger partial charge is 0.148 e. The van der Waals surface area contributed by atoms with Gasteiger partial charge in [0.2, 0.25) is 0 Å². The molecule has 1 aromatic heterocycles. The van der Waals surface area contributed by atoms with Crippen molar-refractivity contribution >= 4 is 11.6 Å². The van der Waals surface area contributed by atoms with Crippen molar-refractivity contribution in [2.75, 3.05) is 16.9 Å². The highest BCUT2D eigenvalue weighted by Crippen LogP contribution is 2.39. The summed E-state index contributed by atoms with van der Waals surface area (Å²) in [5, 5.41) is 0. The molecule has 2 fully saturated rings. The Morgan fingerprint density at radius 2 is 2.05 bits per heavy atom. The number of hydrogen-bond donors (Lipinski definition) is 2. The second kappa shape index (κ2) is 6.60. The highest BCUT2D eigenvalue weighted by Gasteiger charge is 2.35. The van der Waals surface area contributed by atoms with Gasteiger partial charge in [0.1, 0.15) is 18.0 Å². The molecule has 116 valence electrons. The predicted molar refractivity (Wildman–Crippen MR) is 86.2 cm³/mol. The maximum atomic E-state index is 5.65. The van der Waals surface area contributed by atoms with Crippen LogP contribution in [-0.4, -0.2) is 22.6 Å². The largest absolute Gasteiger partial charge is 0.353 e. The summed E-state index contributed by atoms with van der Waals surface area (Å²) in [5.74, 6) is 8.42. The van der Waals surface area contributed by atoms with Crippen molar-refractivity contribution < 1.29 is 0 Å². The van der Waals surface area contributed by atoms with Crippen molar-refractivity contribution in [1.82, 2.24) is 9.97 Å². The van der Waals surface area contributed by atoms with Crippen LogP contribution in [0.4, 0.5) is 11.6 Å². The van der Waals surface area contributed by atoms with Gasteiger partial charge in [-0.2, -0.15) is 0 Å². The lowest BCUT2D eigenvalue weighted by Crippen LogP contribution is -2.47. The van der Waals surface area contributed by atoms with Gasteiger partial charge < -0.3 is 10.3 Å². The zero-order valence-corrected chi connectivity index (χ0v) is 13.0. The van der Waals surface area contributed by atoms with E-state index in [2.05, 4.69) is 27.2 Å². The molecule has 1 saturated heterocycles. The average molecular weight is 289 g/mol. The zero-order chi connectivity index (χ0) is 14.7. The molecule has 2 heterocycles. The van der Waals surface area contributed by atoms with Crippen molar-refractivity contribution in [2.45, 2.75) is 64.3 Å². The highest BCUT2D eigenvalue weighted by molar-refractivity contribution is 5.59. The van der Waals surface area contributed by atoms with E-state index < -0.39 is 0 Å². The molecule has 2 aliphatic rings. The topological polar surface area (TPSA) is 67.1 Å². The third kappa shape index (κ3) is 2.84. The first kappa shape index (κ1) is 14.6. The Labute approximate surface area is 127 Å². The molecule has 2 atom stereocenters. The molecule has 0 aromatic carbocycles. The third-order valence-corrected chi connectivity index (χ3v) is 5.07. The number of nitrogens with two attached hydrogens (primary N) is 1. The Hall–Kier alpha value is -1.36. The number of hydrazine groups is 1. The summed E-state index contributed by atoms with van der Waals surface area (Å²) >= 11 is 0. The highest BCUT2D eigenvalue weighted by atomic mass is 15.3. The van der Waals surface area contributed by atoms with Crippen LogP contribution in [0.1, 0.15) is 57.4 Å². The van der Waals surface area contributed by atoms with E-state index in [-0.39, 0.29) is 0 Å². The van der Waals surface area contributed by atoms with Gasteiger partial charge in [-0.15, -0.1) is 0 Å². The number of nitrogens with zero attached hydrogens (tertiary/aromatic N) is 3. The van der Waals surface area contributed by atoms with E-state index in [1.54, 1.807) is 6.33 Å². The fourth-order valence-electron chi connectivity index (χ4n) is 4.14. The van der Waals surface area contributed by atoms with Crippen molar-refractivity contribution in [2.24, 2.45) is 11.8 Å². The lowest BCUT2D eigenvalue weighted by molar-refractivity contribution is 0.242. The van der Waals surface area contributed by atoms with Crippen molar-refractivity contribution in [3.8, 4) is 0 Å². The molecule has 1 saturated carbocycles. The molecule has 0 amide bonds. The summed E-state index contributed by atoms with van der Waals surface area (Å²) in [7, 11) is 0. The van der Waals surface area contributed by atoms with Crippen LogP contribution < -0.4 is 16.2 Å². The maximum Gasteiger partial charge on any atom is 0.148 e. The van der Waals surface area contributed by atoms with Crippen LogP contribution in [0.25, 0.3) is 0 Å². The Morgan fingerprint density at radius 3 is 2.86 bits per heavy atom. The number of rotatable bonds is 4. The number of aromatic nitrogens is 2. The van der Waals surface area contributed by atoms with Gasteiger partial charge in [0.05, 0.1) is 0 Å². The first-order valence-corrected chi connectivity index (χ1v) is 8.42. The normalized spacial score (nSPS) is 25.5. The lowest BCUT2D eigenvalue weighted by atomic mass is 9.78. The molecule has 3 rings (SSSR count). The number of nitrogen functional groups attached to an aromatic ring is 1. The fraction of sp³-hybridized carbons (Fsp3) is 0.750. The van der Waals surface area contributed by atoms with Crippen LogP contribution >= 0.6 is 0 Å². The third-order valence-electron chi connectivity index (χ3n) is 5.07. The van der Waals surface area contributed by atoms with Crippen molar-refractivity contribution in [3.63, 3.8) is 0 Å². The quantitative estimate of drug-likeness (QED) is 0.659. The van der Waals surface area contributed by atoms with Gasteiger partial charge in [0.25, 0.3) is 0 Å². The van der Waals surface area contributed by atoms with E-state index in [0.717, 1.165) is 36.9 Å². The summed E-state index contributed by atoms with van der Waals surface area (Å²) in [6.45, 7) is 3.32. The summed E-state index contributed by atoms with van der Waals surface area (Å²) < 4.78 is 0. The van der Waals surface area contributed by atoms with Gasteiger partial charge in [-0.3, -0.25) is 0 Å². The maximum absolute atomic E-state index is 5.65. The predicted octanol–water partition coefficient (Wildman–Crippen LogP) is 2.87. The van der Waals surface area contributed by atoms with E-state index in [1.165, 1.54) is 44.1 Å². The van der Waals surface area contributed by atoms with Gasteiger partial charge >= 0.3 is 0 Å². The Balaban J connectivity index is 1.94. The number of anilines is 2. The van der Waals surface area contributed by atoms with E-state index >= 15 is 0 Å². The lowest BCUT2D eigenvalue weighted by Gasteiger charge is -2.45. The number of nitrogens with one attached hydrogen (secondary N) is 1. The van der Waals surface area contributed by atoms with Gasteiger partial charge in [-0.25, -0.2) is 15.8 Å². The molecule has 5 heteroatoms. The molecule has 1 aliphatic carbocycles. The molecular weight excluding hydrogens is 262 g/mol. The molecular formula is C16H27N5. The molecule has 1 aromatic rings. The Bertz CT molecular complexity index is 474. The van der Waals surface area contributed by atoms with E-state index in [9.17, 15) is 0 Å². The van der Waals surface area contributed by atoms with Crippen LogP contribution in [0, 0.1) is 5.92 Å². The number of hydrogen-bond acceptors (Lipinski definition) is 5. The second-order valence-corrected chi connectivity index (χ2v) is 6.37. The first-order chi connectivity index (χ1) is 10.3. The molecule has 0 unspecified atom stereocenters. The molecule has 0 radical (unpaired) electrons. The van der Waals surface area contributed by atoms with E-state index in [1.807, 2.05) is 0 Å². The SMILES string of the molecule is CCCc1c(NN)ncnc1N1CCC[C@H]2CCCC[C@H]21. The molecule has 5 nitrogen and oxygen atoms in total. The molecule has 1 aliphatic heterocycles. The van der Waals surface area contributed by atoms with Gasteiger partial charge in [0, 0.05) is 18.2 Å². The minimum Gasteiger partial charge on any atom is -0.353 e. The van der Waals surface area contributed by atoms with Gasteiger partial charge in [0.15, 0.2) is 0 Å². The summed E-state index contributed by atoms with van der Waals surface area (Å²) in [6.07, 6.45) is 11.8.